The van der Waals surface area contributed by atoms with Gasteiger partial charge in [-0.1, -0.05) is 24.3 Å². The molecule has 0 radical (unpaired) electrons. The average molecular weight is 380 g/mol. The van der Waals surface area contributed by atoms with Gasteiger partial charge in [0.1, 0.15) is 0 Å². The van der Waals surface area contributed by atoms with E-state index in [0.29, 0.717) is 28.7 Å². The lowest BCUT2D eigenvalue weighted by atomic mass is 10.1. The summed E-state index contributed by atoms with van der Waals surface area (Å²) < 4.78 is 21.9. The van der Waals surface area contributed by atoms with Crippen LogP contribution in [0.2, 0.25) is 0 Å². The summed E-state index contributed by atoms with van der Waals surface area (Å²) in [5.41, 5.74) is 10.3. The number of rotatable bonds is 7. The van der Waals surface area contributed by atoms with Crippen LogP contribution in [0.25, 0.3) is 11.1 Å². The minimum atomic E-state index is 0.463. The fourth-order valence-electron chi connectivity index (χ4n) is 3.00. The van der Waals surface area contributed by atoms with Crippen molar-refractivity contribution in [1.29, 1.82) is 0 Å². The Morgan fingerprint density at radius 2 is 1.18 bits per heavy atom. The lowest BCUT2D eigenvalue weighted by Gasteiger charge is -2.19. The van der Waals surface area contributed by atoms with Gasteiger partial charge in [0.05, 0.1) is 34.1 Å². The van der Waals surface area contributed by atoms with Gasteiger partial charge in [0.2, 0.25) is 11.5 Å². The molecule has 0 saturated carbocycles. The Bertz CT molecular complexity index is 938. The normalized spacial score (nSPS) is 10.3. The number of methoxy groups -OCH3 is 4. The molecule has 0 aliphatic heterocycles. The van der Waals surface area contributed by atoms with Crippen molar-refractivity contribution in [2.75, 3.05) is 39.5 Å². The van der Waals surface area contributed by atoms with Gasteiger partial charge in [-0.3, -0.25) is 0 Å². The largest absolute Gasteiger partial charge is 0.493 e. The van der Waals surface area contributed by atoms with Crippen molar-refractivity contribution >= 4 is 17.1 Å². The van der Waals surface area contributed by atoms with Crippen LogP contribution in [-0.4, -0.2) is 28.4 Å². The molecule has 0 aromatic heterocycles. The Hall–Kier alpha value is -3.54. The van der Waals surface area contributed by atoms with E-state index in [9.17, 15) is 0 Å². The molecule has 3 aromatic rings. The number of ether oxygens (including phenoxy) is 4. The molecule has 3 N–H and O–H groups in total. The summed E-state index contributed by atoms with van der Waals surface area (Å²) >= 11 is 0. The van der Waals surface area contributed by atoms with Gasteiger partial charge in [0, 0.05) is 17.4 Å². The Morgan fingerprint density at radius 1 is 0.643 bits per heavy atom. The molecule has 6 nitrogen and oxygen atoms in total. The van der Waals surface area contributed by atoms with E-state index in [2.05, 4.69) is 5.32 Å². The molecule has 0 amide bonds. The van der Waals surface area contributed by atoms with Crippen LogP contribution in [0.5, 0.6) is 23.0 Å². The number of nitrogen functional groups attached to an aromatic ring is 1. The lowest BCUT2D eigenvalue weighted by molar-refractivity contribution is 0.306. The maximum absolute atomic E-state index is 5.76. The molecule has 0 fully saturated rings. The highest BCUT2D eigenvalue weighted by Gasteiger charge is 2.21. The van der Waals surface area contributed by atoms with E-state index < -0.39 is 0 Å². The first-order valence-electron chi connectivity index (χ1n) is 8.71. The van der Waals surface area contributed by atoms with E-state index in [4.69, 9.17) is 24.7 Å². The molecule has 0 spiro atoms. The van der Waals surface area contributed by atoms with Gasteiger partial charge in [0.25, 0.3) is 0 Å². The van der Waals surface area contributed by atoms with E-state index in [1.807, 2.05) is 54.6 Å². The van der Waals surface area contributed by atoms with Crippen molar-refractivity contribution in [3.8, 4) is 34.1 Å². The molecule has 28 heavy (non-hydrogen) atoms. The van der Waals surface area contributed by atoms with E-state index in [-0.39, 0.29) is 0 Å². The molecule has 0 heterocycles. The van der Waals surface area contributed by atoms with Crippen molar-refractivity contribution in [1.82, 2.24) is 0 Å². The Morgan fingerprint density at radius 3 is 1.68 bits per heavy atom. The number of nitrogens with one attached hydrogen (secondary N) is 1. The van der Waals surface area contributed by atoms with Crippen LogP contribution in [-0.2, 0) is 0 Å². The molecule has 0 saturated heterocycles. The van der Waals surface area contributed by atoms with Gasteiger partial charge in [0.15, 0.2) is 11.5 Å². The molecule has 0 unspecified atom stereocenters. The van der Waals surface area contributed by atoms with Crippen LogP contribution in [0.3, 0.4) is 0 Å². The standard InChI is InChI=1S/C22H24N2O4/c1-25-19-13-18(20(26-2)22(28-4)21(19)27-3)24-17-11-7-15(8-12-17)14-5-9-16(23)10-6-14/h5-13,24H,23H2,1-4H3. The third kappa shape index (κ3) is 3.76. The fraction of sp³-hybridized carbons (Fsp3) is 0.182. The van der Waals surface area contributed by atoms with Crippen LogP contribution in [0, 0.1) is 0 Å². The maximum atomic E-state index is 5.76. The summed E-state index contributed by atoms with van der Waals surface area (Å²) in [4.78, 5) is 0. The predicted molar refractivity (Wildman–Crippen MR) is 112 cm³/mol. The molecule has 0 bridgehead atoms. The first-order chi connectivity index (χ1) is 13.6. The van der Waals surface area contributed by atoms with Crippen LogP contribution < -0.4 is 30.0 Å². The molecular weight excluding hydrogens is 356 g/mol. The van der Waals surface area contributed by atoms with Crippen LogP contribution in [0.4, 0.5) is 17.1 Å². The summed E-state index contributed by atoms with van der Waals surface area (Å²) in [6, 6.07) is 17.7. The van der Waals surface area contributed by atoms with E-state index >= 15 is 0 Å². The third-order valence-corrected chi connectivity index (χ3v) is 4.40. The average Bonchev–Trinajstić information content (AvgIpc) is 2.73. The molecule has 0 aliphatic carbocycles. The van der Waals surface area contributed by atoms with E-state index in [0.717, 1.165) is 22.5 Å². The maximum Gasteiger partial charge on any atom is 0.209 e. The van der Waals surface area contributed by atoms with Crippen LogP contribution in [0.1, 0.15) is 0 Å². The van der Waals surface area contributed by atoms with Gasteiger partial charge in [-0.15, -0.1) is 0 Å². The zero-order chi connectivity index (χ0) is 20.1. The van der Waals surface area contributed by atoms with Gasteiger partial charge >= 0.3 is 0 Å². The van der Waals surface area contributed by atoms with Crippen molar-refractivity contribution in [3.05, 3.63) is 54.6 Å². The zero-order valence-corrected chi connectivity index (χ0v) is 16.4. The zero-order valence-electron chi connectivity index (χ0n) is 16.4. The topological polar surface area (TPSA) is 75.0 Å². The first-order valence-corrected chi connectivity index (χ1v) is 8.71. The highest BCUT2D eigenvalue weighted by molar-refractivity contribution is 5.77. The fourth-order valence-corrected chi connectivity index (χ4v) is 3.00. The molecule has 6 heteroatoms. The molecule has 0 aliphatic rings. The second-order valence-corrected chi connectivity index (χ2v) is 6.05. The second kappa shape index (κ2) is 8.43. The smallest absolute Gasteiger partial charge is 0.209 e. The number of benzene rings is 3. The van der Waals surface area contributed by atoms with Crippen molar-refractivity contribution in [2.45, 2.75) is 0 Å². The monoisotopic (exact) mass is 380 g/mol. The predicted octanol–water partition coefficient (Wildman–Crippen LogP) is 4.71. The quantitative estimate of drug-likeness (QED) is 0.578. The Labute approximate surface area is 164 Å². The summed E-state index contributed by atoms with van der Waals surface area (Å²) in [7, 11) is 6.28. The minimum absolute atomic E-state index is 0.463. The number of anilines is 3. The third-order valence-electron chi connectivity index (χ3n) is 4.40. The van der Waals surface area contributed by atoms with Gasteiger partial charge in [-0.05, 0) is 35.4 Å². The SMILES string of the molecule is COc1cc(Nc2ccc(-c3ccc(N)cc3)cc2)c(OC)c(OC)c1OC. The van der Waals surface area contributed by atoms with Crippen molar-refractivity contribution in [2.24, 2.45) is 0 Å². The van der Waals surface area contributed by atoms with Gasteiger partial charge in [-0.2, -0.15) is 0 Å². The van der Waals surface area contributed by atoms with E-state index in [1.54, 1.807) is 28.4 Å². The summed E-state index contributed by atoms with van der Waals surface area (Å²) in [6.45, 7) is 0. The van der Waals surface area contributed by atoms with Gasteiger partial charge in [-0.25, -0.2) is 0 Å². The van der Waals surface area contributed by atoms with Crippen LogP contribution in [0.15, 0.2) is 54.6 Å². The highest BCUT2D eigenvalue weighted by atomic mass is 16.5. The number of nitrogens with two attached hydrogens (primary N) is 1. The molecular formula is C22H24N2O4. The highest BCUT2D eigenvalue weighted by Crippen LogP contribution is 2.49. The Kier molecular flexibility index (Phi) is 5.79. The first kappa shape index (κ1) is 19.2. The molecule has 146 valence electrons. The summed E-state index contributed by atoms with van der Waals surface area (Å²) in [5.74, 6) is 2.01. The van der Waals surface area contributed by atoms with E-state index in [1.165, 1.54) is 0 Å². The number of hydrogen-bond acceptors (Lipinski definition) is 6. The summed E-state index contributed by atoms with van der Waals surface area (Å²) in [6.07, 6.45) is 0. The van der Waals surface area contributed by atoms with Crippen molar-refractivity contribution in [3.63, 3.8) is 0 Å². The van der Waals surface area contributed by atoms with Gasteiger partial charge < -0.3 is 30.0 Å². The molecule has 0 atom stereocenters. The molecule has 3 aromatic carbocycles. The summed E-state index contributed by atoms with van der Waals surface area (Å²) in [5, 5.41) is 3.35. The second-order valence-electron chi connectivity index (χ2n) is 6.05. The minimum Gasteiger partial charge on any atom is -0.493 e. The Balaban J connectivity index is 1.93. The molecule has 3 rings (SSSR count). The van der Waals surface area contributed by atoms with Crippen LogP contribution >= 0.6 is 0 Å². The number of hydrogen-bond donors (Lipinski definition) is 2. The lowest BCUT2D eigenvalue weighted by Crippen LogP contribution is -2.02. The van der Waals surface area contributed by atoms with Crippen molar-refractivity contribution < 1.29 is 18.9 Å².